The number of ether oxygens (including phenoxy) is 1. The molecule has 0 radical (unpaired) electrons. The zero-order valence-corrected chi connectivity index (χ0v) is 7.25. The Morgan fingerprint density at radius 2 is 2.10 bits per heavy atom. The molecule has 0 bridgehead atoms. The number of alkyl halides is 3. The van der Waals surface area contributed by atoms with E-state index in [1.165, 1.54) is 6.92 Å². The monoisotopic (exact) mass is 214 g/mol. The first-order chi connectivity index (χ1) is 4.52. The van der Waals surface area contributed by atoms with Crippen molar-refractivity contribution in [3.8, 4) is 0 Å². The fourth-order valence-electron chi connectivity index (χ4n) is 0.821. The molecule has 1 aliphatic heterocycles. The molecule has 1 fully saturated rings. The van der Waals surface area contributed by atoms with Crippen molar-refractivity contribution in [1.82, 2.24) is 0 Å². The van der Waals surface area contributed by atoms with Gasteiger partial charge in [0.1, 0.15) is 6.61 Å². The second-order valence-corrected chi connectivity index (χ2v) is 3.45. The first-order valence-corrected chi connectivity index (χ1v) is 4.15. The molecule has 60 valence electrons. The highest BCUT2D eigenvalue weighted by Gasteiger charge is 2.54. The van der Waals surface area contributed by atoms with Gasteiger partial charge in [-0.3, -0.25) is 0 Å². The quantitative estimate of drug-likeness (QED) is 0.608. The molecule has 1 atom stereocenters. The van der Waals surface area contributed by atoms with Crippen LogP contribution in [0.25, 0.3) is 0 Å². The Kier molecular flexibility index (Phi) is 2.02. The van der Waals surface area contributed by atoms with E-state index in [2.05, 4.69) is 20.7 Å². The van der Waals surface area contributed by atoms with Gasteiger partial charge >= 0.3 is 0 Å². The number of hydrogen-bond acceptors (Lipinski definition) is 1. The standard InChI is InChI=1S/C6H9BrF2O/c1-5(2-7)3-10-4-6(5,8)9/h2-4H2,1H3. The Bertz CT molecular complexity index is 140. The summed E-state index contributed by atoms with van der Waals surface area (Å²) in [7, 11) is 0. The van der Waals surface area contributed by atoms with Crippen LogP contribution >= 0.6 is 15.9 Å². The van der Waals surface area contributed by atoms with Crippen molar-refractivity contribution in [2.45, 2.75) is 12.8 Å². The largest absolute Gasteiger partial charge is 0.374 e. The highest BCUT2D eigenvalue weighted by Crippen LogP contribution is 2.43. The molecule has 0 aromatic carbocycles. The van der Waals surface area contributed by atoms with Crippen LogP contribution in [0.5, 0.6) is 0 Å². The highest BCUT2D eigenvalue weighted by atomic mass is 79.9. The van der Waals surface area contributed by atoms with Crippen LogP contribution in [0.1, 0.15) is 6.92 Å². The molecule has 0 aromatic heterocycles. The lowest BCUT2D eigenvalue weighted by Gasteiger charge is -2.25. The van der Waals surface area contributed by atoms with Gasteiger partial charge in [0.15, 0.2) is 0 Å². The molecule has 1 heterocycles. The van der Waals surface area contributed by atoms with E-state index in [0.717, 1.165) is 0 Å². The molecular formula is C6H9BrF2O. The van der Waals surface area contributed by atoms with E-state index in [9.17, 15) is 8.78 Å². The normalized spacial score (nSPS) is 38.4. The smallest absolute Gasteiger partial charge is 0.279 e. The van der Waals surface area contributed by atoms with Gasteiger partial charge in [-0.15, -0.1) is 0 Å². The van der Waals surface area contributed by atoms with Crippen molar-refractivity contribution in [2.75, 3.05) is 18.5 Å². The molecule has 1 aliphatic rings. The zero-order valence-electron chi connectivity index (χ0n) is 5.66. The van der Waals surface area contributed by atoms with Crippen LogP contribution in [0.15, 0.2) is 0 Å². The Hall–Kier alpha value is 0.300. The molecule has 1 nitrogen and oxygen atoms in total. The maximum atomic E-state index is 12.8. The van der Waals surface area contributed by atoms with E-state index >= 15 is 0 Å². The van der Waals surface area contributed by atoms with Gasteiger partial charge in [-0.05, 0) is 0 Å². The first kappa shape index (κ1) is 8.40. The maximum absolute atomic E-state index is 12.8. The highest BCUT2D eigenvalue weighted by molar-refractivity contribution is 9.09. The Balaban J connectivity index is 2.76. The average Bonchev–Trinajstić information content (AvgIpc) is 2.10. The number of hydrogen-bond donors (Lipinski definition) is 0. The molecule has 1 saturated heterocycles. The molecule has 4 heteroatoms. The molecular weight excluding hydrogens is 206 g/mol. The minimum atomic E-state index is -2.67. The van der Waals surface area contributed by atoms with E-state index in [1.807, 2.05) is 0 Å². The van der Waals surface area contributed by atoms with E-state index in [-0.39, 0.29) is 11.9 Å². The third kappa shape index (κ3) is 1.07. The fraction of sp³-hybridized carbons (Fsp3) is 1.00. The van der Waals surface area contributed by atoms with Crippen LogP contribution in [0, 0.1) is 5.41 Å². The van der Waals surface area contributed by atoms with E-state index in [4.69, 9.17) is 0 Å². The second-order valence-electron chi connectivity index (χ2n) is 2.89. The lowest BCUT2D eigenvalue weighted by atomic mass is 9.89. The maximum Gasteiger partial charge on any atom is 0.279 e. The molecule has 0 spiro atoms. The molecule has 0 N–H and O–H groups in total. The molecule has 0 aliphatic carbocycles. The van der Waals surface area contributed by atoms with Gasteiger partial charge in [-0.2, -0.15) is 0 Å². The third-order valence-corrected chi connectivity index (χ3v) is 3.12. The first-order valence-electron chi connectivity index (χ1n) is 3.03. The Morgan fingerprint density at radius 3 is 2.30 bits per heavy atom. The van der Waals surface area contributed by atoms with Gasteiger partial charge in [0.05, 0.1) is 12.0 Å². The van der Waals surface area contributed by atoms with Gasteiger partial charge in [0.2, 0.25) is 0 Å². The molecule has 0 aromatic rings. The predicted molar refractivity (Wildman–Crippen MR) is 37.7 cm³/mol. The van der Waals surface area contributed by atoms with Gasteiger partial charge in [-0.25, -0.2) is 8.78 Å². The summed E-state index contributed by atoms with van der Waals surface area (Å²) < 4.78 is 30.4. The van der Waals surface area contributed by atoms with Crippen molar-refractivity contribution in [3.63, 3.8) is 0 Å². The van der Waals surface area contributed by atoms with Crippen LogP contribution in [0.2, 0.25) is 0 Å². The second kappa shape index (κ2) is 2.41. The van der Waals surface area contributed by atoms with E-state index in [0.29, 0.717) is 0 Å². The Morgan fingerprint density at radius 1 is 1.50 bits per heavy atom. The van der Waals surface area contributed by atoms with E-state index < -0.39 is 17.9 Å². The van der Waals surface area contributed by atoms with Gasteiger partial charge in [-0.1, -0.05) is 22.9 Å². The fourth-order valence-corrected chi connectivity index (χ4v) is 1.39. The SMILES string of the molecule is CC1(CBr)COCC1(F)F. The molecule has 10 heavy (non-hydrogen) atoms. The third-order valence-electron chi connectivity index (χ3n) is 1.88. The number of halogens is 3. The minimum Gasteiger partial charge on any atom is -0.374 e. The molecule has 0 amide bonds. The topological polar surface area (TPSA) is 9.23 Å². The van der Waals surface area contributed by atoms with Crippen molar-refractivity contribution in [3.05, 3.63) is 0 Å². The van der Waals surface area contributed by atoms with Gasteiger partial charge in [0.25, 0.3) is 5.92 Å². The zero-order chi connectivity index (χ0) is 7.83. The summed E-state index contributed by atoms with van der Waals surface area (Å²) in [6.45, 7) is 1.23. The average molecular weight is 215 g/mol. The summed E-state index contributed by atoms with van der Waals surface area (Å²) in [5.74, 6) is -2.67. The summed E-state index contributed by atoms with van der Waals surface area (Å²) >= 11 is 3.05. The lowest BCUT2D eigenvalue weighted by molar-refractivity contribution is -0.0680. The van der Waals surface area contributed by atoms with Gasteiger partial charge < -0.3 is 4.74 Å². The van der Waals surface area contributed by atoms with Crippen LogP contribution < -0.4 is 0 Å². The van der Waals surface area contributed by atoms with Crippen molar-refractivity contribution >= 4 is 15.9 Å². The summed E-state index contributed by atoms with van der Waals surface area (Å²) in [6.07, 6.45) is 0. The predicted octanol–water partition coefficient (Wildman–Crippen LogP) is 2.05. The van der Waals surface area contributed by atoms with Crippen LogP contribution in [0.4, 0.5) is 8.78 Å². The molecule has 0 saturated carbocycles. The number of rotatable bonds is 1. The van der Waals surface area contributed by atoms with Crippen LogP contribution in [0.3, 0.4) is 0 Å². The van der Waals surface area contributed by atoms with Crippen molar-refractivity contribution in [1.29, 1.82) is 0 Å². The van der Waals surface area contributed by atoms with Crippen molar-refractivity contribution in [2.24, 2.45) is 5.41 Å². The molecule has 1 rings (SSSR count). The minimum absolute atomic E-state index is 0.144. The van der Waals surface area contributed by atoms with Crippen molar-refractivity contribution < 1.29 is 13.5 Å². The summed E-state index contributed by atoms with van der Waals surface area (Å²) in [5.41, 5.74) is -1.01. The lowest BCUT2D eigenvalue weighted by Crippen LogP contribution is -2.38. The summed E-state index contributed by atoms with van der Waals surface area (Å²) in [4.78, 5) is 0. The Labute approximate surface area is 66.9 Å². The summed E-state index contributed by atoms with van der Waals surface area (Å²) in [6, 6.07) is 0. The van der Waals surface area contributed by atoms with Crippen LogP contribution in [-0.2, 0) is 4.74 Å². The van der Waals surface area contributed by atoms with Crippen LogP contribution in [-0.4, -0.2) is 24.5 Å². The summed E-state index contributed by atoms with van der Waals surface area (Å²) in [5, 5.41) is 0.285. The van der Waals surface area contributed by atoms with Gasteiger partial charge in [0, 0.05) is 5.33 Å². The molecule has 1 unspecified atom stereocenters. The van der Waals surface area contributed by atoms with E-state index in [1.54, 1.807) is 0 Å².